The monoisotopic (exact) mass is 290 g/mol. The van der Waals surface area contributed by atoms with Crippen LogP contribution in [0, 0.1) is 13.8 Å². The number of nitrogens with zero attached hydrogens (tertiary/aromatic N) is 2. The van der Waals surface area contributed by atoms with Gasteiger partial charge in [-0.2, -0.15) is 0 Å². The van der Waals surface area contributed by atoms with Gasteiger partial charge in [0, 0.05) is 5.39 Å². The largest absolute Gasteiger partial charge is 0.494 e. The Morgan fingerprint density at radius 2 is 1.55 bits per heavy atom. The molecule has 0 unspecified atom stereocenters. The van der Waals surface area contributed by atoms with Crippen molar-refractivity contribution in [2.24, 2.45) is 10.2 Å². The average Bonchev–Trinajstić information content (AvgIpc) is 2.52. The molecule has 22 heavy (non-hydrogen) atoms. The third-order valence-corrected chi connectivity index (χ3v) is 3.64. The molecule has 0 fully saturated rings. The van der Waals surface area contributed by atoms with Gasteiger partial charge in [0.25, 0.3) is 0 Å². The first-order valence-corrected chi connectivity index (χ1v) is 7.24. The van der Waals surface area contributed by atoms with Gasteiger partial charge in [-0.05, 0) is 42.5 Å². The van der Waals surface area contributed by atoms with Crippen molar-refractivity contribution in [1.29, 1.82) is 0 Å². The molecule has 0 aliphatic carbocycles. The molecule has 0 aromatic heterocycles. The highest BCUT2D eigenvalue weighted by atomic mass is 16.5. The number of rotatable bonds is 3. The fourth-order valence-electron chi connectivity index (χ4n) is 2.68. The maximum absolute atomic E-state index is 5.45. The Hall–Kier alpha value is -2.68. The fourth-order valence-corrected chi connectivity index (χ4v) is 2.68. The van der Waals surface area contributed by atoms with Gasteiger partial charge in [0.15, 0.2) is 0 Å². The lowest BCUT2D eigenvalue weighted by molar-refractivity contribution is 0.412. The molecule has 0 aliphatic heterocycles. The molecule has 110 valence electrons. The number of hydrogen-bond donors (Lipinski definition) is 0. The molecule has 3 heteroatoms. The van der Waals surface area contributed by atoms with Crippen LogP contribution in [0.3, 0.4) is 0 Å². The summed E-state index contributed by atoms with van der Waals surface area (Å²) in [6, 6.07) is 18.3. The third-order valence-electron chi connectivity index (χ3n) is 3.64. The first-order valence-electron chi connectivity index (χ1n) is 7.24. The summed E-state index contributed by atoms with van der Waals surface area (Å²) in [5, 5.41) is 11.1. The number of methoxy groups -OCH3 is 1. The molecule has 0 aliphatic rings. The smallest absolute Gasteiger partial charge is 0.149 e. The van der Waals surface area contributed by atoms with E-state index in [9.17, 15) is 0 Å². The Morgan fingerprint density at radius 1 is 0.818 bits per heavy atom. The van der Waals surface area contributed by atoms with Crippen molar-refractivity contribution in [3.63, 3.8) is 0 Å². The summed E-state index contributed by atoms with van der Waals surface area (Å²) in [7, 11) is 1.66. The molecule has 0 amide bonds. The van der Waals surface area contributed by atoms with Crippen LogP contribution in [0.1, 0.15) is 11.1 Å². The van der Waals surface area contributed by atoms with E-state index in [1.807, 2.05) is 44.2 Å². The minimum atomic E-state index is 0.757. The van der Waals surface area contributed by atoms with Crippen LogP contribution in [-0.4, -0.2) is 7.11 Å². The second kappa shape index (κ2) is 5.98. The molecule has 3 nitrogen and oxygen atoms in total. The highest BCUT2D eigenvalue weighted by Crippen LogP contribution is 2.34. The molecular formula is C19H18N2O. The molecule has 0 saturated carbocycles. The van der Waals surface area contributed by atoms with Crippen molar-refractivity contribution in [2.75, 3.05) is 7.11 Å². The van der Waals surface area contributed by atoms with Crippen LogP contribution in [-0.2, 0) is 0 Å². The average molecular weight is 290 g/mol. The van der Waals surface area contributed by atoms with Crippen molar-refractivity contribution in [3.05, 3.63) is 65.7 Å². The first-order chi connectivity index (χ1) is 10.7. The summed E-state index contributed by atoms with van der Waals surface area (Å²) in [5.74, 6) is 0.773. The Bertz CT molecular complexity index is 848. The minimum Gasteiger partial charge on any atom is -0.494 e. The standard InChI is InChI=1S/C19H18N2O/c1-13-11-14(2)19(22-3)18(12-13)21-20-17-10-6-8-15-7-4-5-9-16(15)17/h4-12H,1-3H3. The van der Waals surface area contributed by atoms with Gasteiger partial charge in [0.2, 0.25) is 0 Å². The van der Waals surface area contributed by atoms with E-state index in [1.165, 1.54) is 0 Å². The Kier molecular flexibility index (Phi) is 3.88. The van der Waals surface area contributed by atoms with E-state index in [1.54, 1.807) is 7.11 Å². The van der Waals surface area contributed by atoms with Gasteiger partial charge < -0.3 is 4.74 Å². The van der Waals surface area contributed by atoms with Gasteiger partial charge in [-0.3, -0.25) is 0 Å². The predicted molar refractivity (Wildman–Crippen MR) is 90.6 cm³/mol. The second-order valence-corrected chi connectivity index (χ2v) is 5.33. The molecular weight excluding hydrogens is 272 g/mol. The Labute approximate surface area is 130 Å². The fraction of sp³-hybridized carbons (Fsp3) is 0.158. The van der Waals surface area contributed by atoms with Gasteiger partial charge in [0.05, 0.1) is 12.8 Å². The summed E-state index contributed by atoms with van der Waals surface area (Å²) in [6.07, 6.45) is 0. The van der Waals surface area contributed by atoms with E-state index in [-0.39, 0.29) is 0 Å². The van der Waals surface area contributed by atoms with Gasteiger partial charge in [0.1, 0.15) is 11.4 Å². The predicted octanol–water partition coefficient (Wildman–Crippen LogP) is 5.88. The van der Waals surface area contributed by atoms with Crippen molar-refractivity contribution >= 4 is 22.1 Å². The molecule has 0 saturated heterocycles. The Morgan fingerprint density at radius 3 is 2.36 bits per heavy atom. The van der Waals surface area contributed by atoms with Crippen molar-refractivity contribution in [2.45, 2.75) is 13.8 Å². The molecule has 3 aromatic rings. The van der Waals surface area contributed by atoms with Crippen LogP contribution in [0.25, 0.3) is 10.8 Å². The summed E-state index contributed by atoms with van der Waals surface area (Å²) >= 11 is 0. The van der Waals surface area contributed by atoms with Crippen LogP contribution in [0.2, 0.25) is 0 Å². The molecule has 3 aromatic carbocycles. The normalized spacial score (nSPS) is 11.2. The number of benzene rings is 3. The molecule has 0 atom stereocenters. The summed E-state index contributed by atoms with van der Waals surface area (Å²) in [5.41, 5.74) is 3.83. The van der Waals surface area contributed by atoms with E-state index >= 15 is 0 Å². The maximum Gasteiger partial charge on any atom is 0.149 e. The summed E-state index contributed by atoms with van der Waals surface area (Å²) < 4.78 is 5.45. The summed E-state index contributed by atoms with van der Waals surface area (Å²) in [6.45, 7) is 4.06. The molecule has 0 bridgehead atoms. The Balaban J connectivity index is 2.07. The molecule has 0 N–H and O–H groups in total. The minimum absolute atomic E-state index is 0.757. The van der Waals surface area contributed by atoms with E-state index in [0.29, 0.717) is 0 Å². The molecule has 0 spiro atoms. The highest BCUT2D eigenvalue weighted by Gasteiger charge is 2.07. The molecule has 3 rings (SSSR count). The lowest BCUT2D eigenvalue weighted by Crippen LogP contribution is -1.88. The van der Waals surface area contributed by atoms with Crippen molar-refractivity contribution in [3.8, 4) is 5.75 Å². The van der Waals surface area contributed by atoms with Crippen LogP contribution in [0.5, 0.6) is 5.75 Å². The zero-order valence-electron chi connectivity index (χ0n) is 13.0. The number of azo groups is 1. The number of hydrogen-bond acceptors (Lipinski definition) is 3. The van der Waals surface area contributed by atoms with Crippen molar-refractivity contribution < 1.29 is 4.74 Å². The first kappa shape index (κ1) is 14.3. The molecule has 0 radical (unpaired) electrons. The van der Waals surface area contributed by atoms with Crippen LogP contribution >= 0.6 is 0 Å². The van der Waals surface area contributed by atoms with E-state index in [2.05, 4.69) is 34.5 Å². The lowest BCUT2D eigenvalue weighted by Gasteiger charge is -2.08. The van der Waals surface area contributed by atoms with Crippen LogP contribution < -0.4 is 4.74 Å². The van der Waals surface area contributed by atoms with Gasteiger partial charge in [-0.1, -0.05) is 42.5 Å². The maximum atomic E-state index is 5.45. The second-order valence-electron chi connectivity index (χ2n) is 5.33. The van der Waals surface area contributed by atoms with Crippen LogP contribution in [0.4, 0.5) is 11.4 Å². The van der Waals surface area contributed by atoms with Gasteiger partial charge in [-0.25, -0.2) is 0 Å². The molecule has 0 heterocycles. The topological polar surface area (TPSA) is 34.0 Å². The van der Waals surface area contributed by atoms with E-state index < -0.39 is 0 Å². The zero-order valence-corrected chi connectivity index (χ0v) is 13.0. The quantitative estimate of drug-likeness (QED) is 0.554. The number of aryl methyl sites for hydroxylation is 2. The highest BCUT2D eigenvalue weighted by molar-refractivity contribution is 5.92. The SMILES string of the molecule is COc1c(C)cc(C)cc1N=Nc1cccc2ccccc12. The summed E-state index contributed by atoms with van der Waals surface area (Å²) in [4.78, 5) is 0. The zero-order chi connectivity index (χ0) is 15.5. The van der Waals surface area contributed by atoms with Gasteiger partial charge in [-0.15, -0.1) is 10.2 Å². The van der Waals surface area contributed by atoms with E-state index in [4.69, 9.17) is 4.74 Å². The van der Waals surface area contributed by atoms with Gasteiger partial charge >= 0.3 is 0 Å². The van der Waals surface area contributed by atoms with E-state index in [0.717, 1.165) is 39.0 Å². The third kappa shape index (κ3) is 2.70. The van der Waals surface area contributed by atoms with Crippen molar-refractivity contribution in [1.82, 2.24) is 0 Å². The number of ether oxygens (including phenoxy) is 1. The number of fused-ring (bicyclic) bond motifs is 1. The van der Waals surface area contributed by atoms with Crippen LogP contribution in [0.15, 0.2) is 64.8 Å². The lowest BCUT2D eigenvalue weighted by atomic mass is 10.1.